The minimum Gasteiger partial charge on any atom is -0.463 e. The summed E-state index contributed by atoms with van der Waals surface area (Å²) in [5.74, 6) is 1.33. The monoisotopic (exact) mass is 346 g/mol. The van der Waals surface area contributed by atoms with Crippen LogP contribution in [-0.4, -0.2) is 23.6 Å². The first-order valence-corrected chi connectivity index (χ1v) is 9.97. The fourth-order valence-electron chi connectivity index (χ4n) is 7.27. The molecule has 0 aliphatic heterocycles. The van der Waals surface area contributed by atoms with Gasteiger partial charge in [0.1, 0.15) is 17.7 Å². The normalized spacial score (nSPS) is 49.2. The summed E-state index contributed by atoms with van der Waals surface area (Å²) in [6.45, 7) is 6.04. The largest absolute Gasteiger partial charge is 0.463 e. The van der Waals surface area contributed by atoms with Crippen LogP contribution in [0.15, 0.2) is 0 Å². The van der Waals surface area contributed by atoms with Crippen molar-refractivity contribution in [2.75, 3.05) is 0 Å². The molecule has 4 fully saturated rings. The van der Waals surface area contributed by atoms with E-state index in [-0.39, 0.29) is 40.4 Å². The second-order valence-corrected chi connectivity index (χ2v) is 9.66. The van der Waals surface area contributed by atoms with Crippen LogP contribution in [0.25, 0.3) is 0 Å². The summed E-state index contributed by atoms with van der Waals surface area (Å²) in [5, 5.41) is 0. The highest BCUT2D eigenvalue weighted by Gasteiger charge is 2.62. The van der Waals surface area contributed by atoms with E-state index in [9.17, 15) is 14.4 Å². The number of hydrogen-bond donors (Lipinski definition) is 0. The third-order valence-electron chi connectivity index (χ3n) is 8.28. The summed E-state index contributed by atoms with van der Waals surface area (Å²) < 4.78 is 5.52. The molecule has 4 nitrogen and oxygen atoms in total. The van der Waals surface area contributed by atoms with Crippen LogP contribution in [0.1, 0.15) is 72.1 Å². The SMILES string of the molecule is CC(=O)O[C@H]1CC[C@H]2[C@@H]3CC(=O)C4C(=O)CC[C@]4(C)[C@@H]3CC[C@]2(C)C1. The van der Waals surface area contributed by atoms with Gasteiger partial charge in [-0.3, -0.25) is 14.4 Å². The van der Waals surface area contributed by atoms with Crippen molar-refractivity contribution in [2.45, 2.75) is 78.2 Å². The summed E-state index contributed by atoms with van der Waals surface area (Å²) in [6.07, 6.45) is 7.22. The highest BCUT2D eigenvalue weighted by atomic mass is 16.5. The van der Waals surface area contributed by atoms with Crippen LogP contribution >= 0.6 is 0 Å². The molecule has 0 saturated heterocycles. The first kappa shape index (κ1) is 17.2. The zero-order valence-corrected chi connectivity index (χ0v) is 15.7. The maximum absolute atomic E-state index is 12.8. The number of hydrogen-bond acceptors (Lipinski definition) is 4. The number of ether oxygens (including phenoxy) is 1. The van der Waals surface area contributed by atoms with Gasteiger partial charge >= 0.3 is 5.97 Å². The van der Waals surface area contributed by atoms with Gasteiger partial charge in [0.2, 0.25) is 0 Å². The number of carbonyl (C=O) groups excluding carboxylic acids is 3. The second kappa shape index (κ2) is 5.65. The molecule has 4 saturated carbocycles. The molecule has 25 heavy (non-hydrogen) atoms. The molecule has 0 heterocycles. The molecule has 138 valence electrons. The molecular formula is C21H30O4. The fraction of sp³-hybridized carbons (Fsp3) is 0.857. The van der Waals surface area contributed by atoms with E-state index in [4.69, 9.17) is 4.74 Å². The molecule has 1 unspecified atom stereocenters. The zero-order valence-electron chi connectivity index (χ0n) is 15.7. The topological polar surface area (TPSA) is 60.4 Å². The number of esters is 1. The van der Waals surface area contributed by atoms with E-state index in [2.05, 4.69) is 13.8 Å². The minimum atomic E-state index is -0.324. The summed E-state index contributed by atoms with van der Waals surface area (Å²) in [7, 11) is 0. The van der Waals surface area contributed by atoms with Gasteiger partial charge in [0.15, 0.2) is 0 Å². The molecule has 0 aromatic rings. The molecule has 0 spiro atoms. The molecule has 4 aliphatic rings. The van der Waals surface area contributed by atoms with Gasteiger partial charge in [-0.05, 0) is 67.1 Å². The van der Waals surface area contributed by atoms with E-state index in [0.29, 0.717) is 30.6 Å². The maximum atomic E-state index is 12.8. The lowest BCUT2D eigenvalue weighted by molar-refractivity contribution is -0.163. The van der Waals surface area contributed by atoms with Crippen molar-refractivity contribution >= 4 is 17.5 Å². The van der Waals surface area contributed by atoms with Crippen molar-refractivity contribution in [3.63, 3.8) is 0 Å². The van der Waals surface area contributed by atoms with Crippen LogP contribution in [0.2, 0.25) is 0 Å². The Morgan fingerprint density at radius 3 is 2.52 bits per heavy atom. The Balaban J connectivity index is 1.60. The van der Waals surface area contributed by atoms with E-state index in [1.165, 1.54) is 6.92 Å². The molecule has 0 aromatic heterocycles. The Labute approximate surface area is 150 Å². The van der Waals surface area contributed by atoms with Crippen molar-refractivity contribution in [1.29, 1.82) is 0 Å². The van der Waals surface area contributed by atoms with Crippen molar-refractivity contribution < 1.29 is 19.1 Å². The number of ketones is 2. The number of fused-ring (bicyclic) bond motifs is 5. The highest BCUT2D eigenvalue weighted by molar-refractivity contribution is 6.05. The van der Waals surface area contributed by atoms with E-state index in [0.717, 1.165) is 38.5 Å². The van der Waals surface area contributed by atoms with Crippen molar-refractivity contribution in [2.24, 2.45) is 34.5 Å². The smallest absolute Gasteiger partial charge is 0.302 e. The third-order valence-corrected chi connectivity index (χ3v) is 8.28. The van der Waals surface area contributed by atoms with Gasteiger partial charge in [-0.25, -0.2) is 0 Å². The Morgan fingerprint density at radius 1 is 1.04 bits per heavy atom. The molecule has 4 heteroatoms. The molecule has 7 atom stereocenters. The first-order chi connectivity index (χ1) is 11.7. The molecule has 0 bridgehead atoms. The van der Waals surface area contributed by atoms with Crippen molar-refractivity contribution in [3.8, 4) is 0 Å². The minimum absolute atomic E-state index is 0.0333. The highest BCUT2D eigenvalue weighted by Crippen LogP contribution is 2.64. The number of rotatable bonds is 1. The fourth-order valence-corrected chi connectivity index (χ4v) is 7.27. The van der Waals surface area contributed by atoms with Gasteiger partial charge < -0.3 is 4.74 Å². The van der Waals surface area contributed by atoms with Crippen LogP contribution in [0.3, 0.4) is 0 Å². The summed E-state index contributed by atoms with van der Waals surface area (Å²) >= 11 is 0. The van der Waals surface area contributed by atoms with Crippen LogP contribution in [0.5, 0.6) is 0 Å². The van der Waals surface area contributed by atoms with Crippen molar-refractivity contribution in [1.82, 2.24) is 0 Å². The molecule has 0 N–H and O–H groups in total. The second-order valence-electron chi connectivity index (χ2n) is 9.66. The van der Waals surface area contributed by atoms with Gasteiger partial charge in [0.25, 0.3) is 0 Å². The van der Waals surface area contributed by atoms with E-state index < -0.39 is 0 Å². The van der Waals surface area contributed by atoms with Crippen LogP contribution in [-0.2, 0) is 19.1 Å². The number of Topliss-reactive ketones (excluding diaryl/α,β-unsaturated/α-hetero) is 2. The Morgan fingerprint density at radius 2 is 1.80 bits per heavy atom. The zero-order chi connectivity index (χ0) is 18.0. The van der Waals surface area contributed by atoms with Gasteiger partial charge in [0.05, 0.1) is 5.92 Å². The van der Waals surface area contributed by atoms with Gasteiger partial charge in [-0.2, -0.15) is 0 Å². The van der Waals surface area contributed by atoms with E-state index in [1.54, 1.807) is 0 Å². The van der Waals surface area contributed by atoms with E-state index >= 15 is 0 Å². The molecule has 4 rings (SSSR count). The van der Waals surface area contributed by atoms with E-state index in [1.807, 2.05) is 0 Å². The molecule has 0 amide bonds. The maximum Gasteiger partial charge on any atom is 0.302 e. The Kier molecular flexibility index (Phi) is 3.90. The average molecular weight is 346 g/mol. The number of carbonyl (C=O) groups is 3. The van der Waals surface area contributed by atoms with Gasteiger partial charge in [0, 0.05) is 19.8 Å². The predicted octanol–water partition coefficient (Wildman–Crippen LogP) is 3.71. The Bertz CT molecular complexity index is 625. The molecular weight excluding hydrogens is 316 g/mol. The van der Waals surface area contributed by atoms with Crippen LogP contribution in [0.4, 0.5) is 0 Å². The first-order valence-electron chi connectivity index (χ1n) is 9.97. The van der Waals surface area contributed by atoms with Crippen LogP contribution < -0.4 is 0 Å². The quantitative estimate of drug-likeness (QED) is 0.536. The molecule has 0 aromatic carbocycles. The van der Waals surface area contributed by atoms with Crippen molar-refractivity contribution in [3.05, 3.63) is 0 Å². The molecule has 0 radical (unpaired) electrons. The standard InChI is InChI=1S/C21H30O4/c1-12(22)25-13-4-5-15-14-10-18(24)19-17(23)7-9-21(19,3)16(14)6-8-20(15,2)11-13/h13-16,19H,4-11H2,1-3H3/t13-,14-,15-,16+,19?,20+,21+/m0/s1. The lowest BCUT2D eigenvalue weighted by Crippen LogP contribution is -2.56. The van der Waals surface area contributed by atoms with Gasteiger partial charge in [-0.15, -0.1) is 0 Å². The third kappa shape index (κ3) is 2.50. The Hall–Kier alpha value is -1.19. The van der Waals surface area contributed by atoms with Gasteiger partial charge in [-0.1, -0.05) is 13.8 Å². The summed E-state index contributed by atoms with van der Waals surface area (Å²) in [5.41, 5.74) is 0.0524. The summed E-state index contributed by atoms with van der Waals surface area (Å²) in [4.78, 5) is 36.5. The van der Waals surface area contributed by atoms with Crippen LogP contribution in [0, 0.1) is 34.5 Å². The average Bonchev–Trinajstić information content (AvgIpc) is 2.82. The lowest BCUT2D eigenvalue weighted by atomic mass is 9.45. The summed E-state index contributed by atoms with van der Waals surface area (Å²) in [6, 6.07) is 0. The predicted molar refractivity (Wildman–Crippen MR) is 92.7 cm³/mol. The lowest BCUT2D eigenvalue weighted by Gasteiger charge is -2.59. The molecule has 4 aliphatic carbocycles.